The molecule has 8 heteroatoms. The molecule has 3 rings (SSSR count). The van der Waals surface area contributed by atoms with E-state index in [4.69, 9.17) is 16.3 Å². The number of benzene rings is 3. The topological polar surface area (TPSA) is 95.9 Å². The molecule has 6 nitrogen and oxygen atoms in total. The number of hydrogen-bond acceptors (Lipinski definition) is 5. The fraction of sp³-hybridized carbons (Fsp3) is 0.0526. The van der Waals surface area contributed by atoms with Gasteiger partial charge >= 0.3 is 5.97 Å². The molecule has 0 saturated heterocycles. The number of amides is 1. The van der Waals surface area contributed by atoms with Crippen molar-refractivity contribution in [2.24, 2.45) is 0 Å². The normalized spacial score (nSPS) is 10.6. The molecule has 0 aliphatic carbocycles. The molecule has 0 radical (unpaired) electrons. The van der Waals surface area contributed by atoms with Gasteiger partial charge in [0.1, 0.15) is 22.9 Å². The minimum absolute atomic E-state index is 0.00762. The quantitative estimate of drug-likeness (QED) is 0.465. The number of anilines is 1. The number of carbonyl (C=O) groups excluding carboxylic acids is 2. The van der Waals surface area contributed by atoms with Crippen molar-refractivity contribution in [1.29, 1.82) is 0 Å². The van der Waals surface area contributed by atoms with Crippen LogP contribution in [0.5, 0.6) is 11.5 Å². The molecule has 0 aliphatic heterocycles. The molecule has 3 aromatic rings. The summed E-state index contributed by atoms with van der Waals surface area (Å²) in [5.74, 6) is -2.83. The summed E-state index contributed by atoms with van der Waals surface area (Å²) in [6, 6.07) is 10.9. The molecule has 138 valence electrons. The number of phenols is 2. The van der Waals surface area contributed by atoms with Crippen LogP contribution in [0.1, 0.15) is 10.4 Å². The Labute approximate surface area is 157 Å². The third kappa shape index (κ3) is 3.93. The van der Waals surface area contributed by atoms with Gasteiger partial charge < -0.3 is 20.3 Å². The molecule has 0 heterocycles. The van der Waals surface area contributed by atoms with Crippen molar-refractivity contribution in [3.8, 4) is 11.5 Å². The second-order valence-corrected chi connectivity index (χ2v) is 5.99. The molecule has 0 aliphatic rings. The zero-order valence-electron chi connectivity index (χ0n) is 13.7. The van der Waals surface area contributed by atoms with Gasteiger partial charge in [-0.15, -0.1) is 0 Å². The second kappa shape index (κ2) is 7.51. The van der Waals surface area contributed by atoms with Crippen LogP contribution >= 0.6 is 11.6 Å². The van der Waals surface area contributed by atoms with Crippen molar-refractivity contribution in [2.75, 3.05) is 11.9 Å². The van der Waals surface area contributed by atoms with E-state index >= 15 is 0 Å². The van der Waals surface area contributed by atoms with Gasteiger partial charge in [0.15, 0.2) is 6.61 Å². The number of halogens is 2. The molecule has 3 aromatic carbocycles. The summed E-state index contributed by atoms with van der Waals surface area (Å²) >= 11 is 5.80. The van der Waals surface area contributed by atoms with Crippen LogP contribution in [0.4, 0.5) is 10.1 Å². The first kappa shape index (κ1) is 18.5. The Morgan fingerprint density at radius 3 is 2.48 bits per heavy atom. The van der Waals surface area contributed by atoms with Gasteiger partial charge in [0, 0.05) is 10.8 Å². The van der Waals surface area contributed by atoms with Crippen LogP contribution in [0.15, 0.2) is 48.5 Å². The third-order valence-electron chi connectivity index (χ3n) is 3.75. The maximum Gasteiger partial charge on any atom is 0.342 e. The molecule has 0 aromatic heterocycles. The molecule has 0 spiro atoms. The number of phenolic OH excluding ortho intramolecular Hbond substituents is 2. The lowest BCUT2D eigenvalue weighted by atomic mass is 10.0. The summed E-state index contributed by atoms with van der Waals surface area (Å²) in [6.45, 7) is -0.667. The third-order valence-corrected chi connectivity index (χ3v) is 4.07. The zero-order valence-corrected chi connectivity index (χ0v) is 14.5. The van der Waals surface area contributed by atoms with Gasteiger partial charge in [0.2, 0.25) is 0 Å². The first-order valence-corrected chi connectivity index (χ1v) is 8.10. The average Bonchev–Trinajstić information content (AvgIpc) is 2.65. The van der Waals surface area contributed by atoms with Crippen molar-refractivity contribution < 1.29 is 28.9 Å². The maximum absolute atomic E-state index is 13.0. The van der Waals surface area contributed by atoms with Crippen molar-refractivity contribution in [3.63, 3.8) is 0 Å². The highest BCUT2D eigenvalue weighted by Gasteiger charge is 2.19. The number of carbonyl (C=O) groups is 2. The Balaban J connectivity index is 1.71. The Bertz CT molecular complexity index is 1050. The average molecular weight is 390 g/mol. The van der Waals surface area contributed by atoms with Crippen LogP contribution in [0.2, 0.25) is 5.02 Å². The highest BCUT2D eigenvalue weighted by atomic mass is 35.5. The van der Waals surface area contributed by atoms with E-state index in [1.165, 1.54) is 12.1 Å². The summed E-state index contributed by atoms with van der Waals surface area (Å²) in [5.41, 5.74) is -0.121. The van der Waals surface area contributed by atoms with Gasteiger partial charge in [0.05, 0.1) is 10.7 Å². The summed E-state index contributed by atoms with van der Waals surface area (Å²) in [4.78, 5) is 24.1. The van der Waals surface area contributed by atoms with E-state index in [0.29, 0.717) is 5.39 Å². The summed E-state index contributed by atoms with van der Waals surface area (Å²) in [7, 11) is 0. The molecule has 0 atom stereocenters. The lowest BCUT2D eigenvalue weighted by molar-refractivity contribution is -0.119. The molecular weight excluding hydrogens is 377 g/mol. The predicted octanol–water partition coefficient (Wildman–Crippen LogP) is 3.84. The highest BCUT2D eigenvalue weighted by Crippen LogP contribution is 2.35. The fourth-order valence-corrected chi connectivity index (χ4v) is 2.70. The van der Waals surface area contributed by atoms with Crippen molar-refractivity contribution in [2.45, 2.75) is 0 Å². The number of fused-ring (bicyclic) bond motifs is 1. The van der Waals surface area contributed by atoms with Gasteiger partial charge in [-0.05, 0) is 24.3 Å². The van der Waals surface area contributed by atoms with E-state index in [-0.39, 0.29) is 33.2 Å². The number of rotatable bonds is 4. The lowest BCUT2D eigenvalue weighted by Crippen LogP contribution is -2.21. The molecule has 3 N–H and O–H groups in total. The number of esters is 1. The Hall–Kier alpha value is -3.32. The molecular formula is C19H13ClFNO5. The smallest absolute Gasteiger partial charge is 0.342 e. The van der Waals surface area contributed by atoms with Gasteiger partial charge in [-0.1, -0.05) is 35.9 Å². The number of nitrogens with one attached hydrogen (secondary N) is 1. The van der Waals surface area contributed by atoms with Crippen LogP contribution in [-0.2, 0) is 9.53 Å². The molecule has 0 saturated carbocycles. The molecule has 0 unspecified atom stereocenters. The standard InChI is InChI=1S/C19H13ClFNO5/c20-14-7-10(21)5-6-15(14)22-17(24)9-27-19(26)13-8-16(23)11-3-1-2-4-12(11)18(13)25/h1-8,23,25H,9H2,(H,22,24). The van der Waals surface area contributed by atoms with Crippen LogP contribution in [0, 0.1) is 5.82 Å². The van der Waals surface area contributed by atoms with Crippen LogP contribution in [0.25, 0.3) is 10.8 Å². The van der Waals surface area contributed by atoms with Gasteiger partial charge in [-0.3, -0.25) is 4.79 Å². The molecule has 27 heavy (non-hydrogen) atoms. The van der Waals surface area contributed by atoms with Gasteiger partial charge in [-0.2, -0.15) is 0 Å². The van der Waals surface area contributed by atoms with E-state index < -0.39 is 24.3 Å². The minimum atomic E-state index is -0.992. The Morgan fingerprint density at radius 2 is 1.78 bits per heavy atom. The van der Waals surface area contributed by atoms with Crippen LogP contribution < -0.4 is 5.32 Å². The van der Waals surface area contributed by atoms with E-state index in [0.717, 1.165) is 18.2 Å². The molecule has 0 bridgehead atoms. The molecule has 0 fully saturated rings. The van der Waals surface area contributed by atoms with E-state index in [2.05, 4.69) is 5.32 Å². The predicted molar refractivity (Wildman–Crippen MR) is 97.6 cm³/mol. The fourth-order valence-electron chi connectivity index (χ4n) is 2.48. The zero-order chi connectivity index (χ0) is 19.6. The summed E-state index contributed by atoms with van der Waals surface area (Å²) in [6.07, 6.45) is 0. The summed E-state index contributed by atoms with van der Waals surface area (Å²) in [5, 5.41) is 23.3. The van der Waals surface area contributed by atoms with Gasteiger partial charge in [-0.25, -0.2) is 9.18 Å². The SMILES string of the molecule is O=C(COC(=O)c1cc(O)c2ccccc2c1O)Nc1ccc(F)cc1Cl. The Morgan fingerprint density at radius 1 is 1.07 bits per heavy atom. The first-order valence-electron chi connectivity index (χ1n) is 7.72. The van der Waals surface area contributed by atoms with Crippen molar-refractivity contribution in [1.82, 2.24) is 0 Å². The lowest BCUT2D eigenvalue weighted by Gasteiger charge is -2.11. The van der Waals surface area contributed by atoms with Crippen LogP contribution in [0.3, 0.4) is 0 Å². The summed E-state index contributed by atoms with van der Waals surface area (Å²) < 4.78 is 17.9. The second-order valence-electron chi connectivity index (χ2n) is 5.59. The highest BCUT2D eigenvalue weighted by molar-refractivity contribution is 6.33. The Kier molecular flexibility index (Phi) is 5.14. The van der Waals surface area contributed by atoms with Crippen molar-refractivity contribution in [3.05, 3.63) is 64.9 Å². The number of hydrogen-bond donors (Lipinski definition) is 3. The number of ether oxygens (including phenoxy) is 1. The van der Waals surface area contributed by atoms with Crippen LogP contribution in [-0.4, -0.2) is 28.7 Å². The maximum atomic E-state index is 13.0. The molecule has 1 amide bonds. The van der Waals surface area contributed by atoms with Crippen molar-refractivity contribution >= 4 is 39.9 Å². The number of aromatic hydroxyl groups is 2. The first-order chi connectivity index (χ1) is 12.9. The van der Waals surface area contributed by atoms with E-state index in [9.17, 15) is 24.2 Å². The van der Waals surface area contributed by atoms with E-state index in [1.54, 1.807) is 18.2 Å². The van der Waals surface area contributed by atoms with Gasteiger partial charge in [0.25, 0.3) is 5.91 Å². The largest absolute Gasteiger partial charge is 0.507 e. The monoisotopic (exact) mass is 389 g/mol. The van der Waals surface area contributed by atoms with E-state index in [1.807, 2.05) is 0 Å². The minimum Gasteiger partial charge on any atom is -0.507 e.